The highest BCUT2D eigenvalue weighted by Gasteiger charge is 2.40. The van der Waals surface area contributed by atoms with Crippen molar-refractivity contribution in [3.63, 3.8) is 0 Å². The van der Waals surface area contributed by atoms with E-state index in [-0.39, 0.29) is 36.3 Å². The van der Waals surface area contributed by atoms with E-state index in [0.29, 0.717) is 24.3 Å². The minimum absolute atomic E-state index is 0.0666. The molecule has 2 aliphatic heterocycles. The summed E-state index contributed by atoms with van der Waals surface area (Å²) >= 11 is 0. The topological polar surface area (TPSA) is 73.0 Å². The molecule has 0 radical (unpaired) electrons. The second-order valence-electron chi connectivity index (χ2n) is 9.01. The number of amides is 3. The Morgan fingerprint density at radius 1 is 1.06 bits per heavy atom. The van der Waals surface area contributed by atoms with E-state index in [2.05, 4.69) is 10.2 Å². The van der Waals surface area contributed by atoms with E-state index in [1.165, 1.54) is 0 Å². The number of carbonyl (C=O) groups excluding carboxylic acids is 3. The van der Waals surface area contributed by atoms with Gasteiger partial charge < -0.3 is 15.1 Å². The van der Waals surface area contributed by atoms with Crippen LogP contribution in [0.1, 0.15) is 62.0 Å². The van der Waals surface area contributed by atoms with Gasteiger partial charge in [0, 0.05) is 25.2 Å². The van der Waals surface area contributed by atoms with E-state index in [9.17, 15) is 14.4 Å². The van der Waals surface area contributed by atoms with Crippen LogP contribution in [0.3, 0.4) is 0 Å². The van der Waals surface area contributed by atoms with Crippen LogP contribution in [-0.2, 0) is 9.59 Å². The Morgan fingerprint density at radius 3 is 2.50 bits per heavy atom. The molecule has 180 valence electrons. The van der Waals surface area contributed by atoms with Crippen LogP contribution in [-0.4, -0.2) is 54.8 Å². The van der Waals surface area contributed by atoms with Gasteiger partial charge in [-0.1, -0.05) is 30.3 Å². The van der Waals surface area contributed by atoms with Gasteiger partial charge in [0.25, 0.3) is 5.91 Å². The first-order valence-electron chi connectivity index (χ1n) is 12.3. The Labute approximate surface area is 201 Å². The van der Waals surface area contributed by atoms with Crippen LogP contribution in [0.2, 0.25) is 0 Å². The van der Waals surface area contributed by atoms with E-state index < -0.39 is 0 Å². The minimum Gasteiger partial charge on any atom is -0.358 e. The van der Waals surface area contributed by atoms with Gasteiger partial charge in [0.15, 0.2) is 0 Å². The Balaban J connectivity index is 1.63. The van der Waals surface area contributed by atoms with Gasteiger partial charge in [-0.2, -0.15) is 0 Å². The largest absolute Gasteiger partial charge is 0.358 e. The van der Waals surface area contributed by atoms with Gasteiger partial charge in [-0.3, -0.25) is 19.3 Å². The van der Waals surface area contributed by atoms with Crippen molar-refractivity contribution in [3.8, 4) is 0 Å². The third kappa shape index (κ3) is 4.65. The molecule has 2 aromatic rings. The summed E-state index contributed by atoms with van der Waals surface area (Å²) in [6.45, 7) is 7.79. The van der Waals surface area contributed by atoms with E-state index in [1.807, 2.05) is 63.2 Å². The van der Waals surface area contributed by atoms with Gasteiger partial charge in [0.05, 0.1) is 17.4 Å². The molecule has 34 heavy (non-hydrogen) atoms. The Bertz CT molecular complexity index is 1050. The second-order valence-corrected chi connectivity index (χ2v) is 9.01. The van der Waals surface area contributed by atoms with Crippen LogP contribution in [0.25, 0.3) is 0 Å². The molecular weight excluding hydrogens is 428 g/mol. The monoisotopic (exact) mass is 462 g/mol. The summed E-state index contributed by atoms with van der Waals surface area (Å²) in [5.74, 6) is -0.356. The van der Waals surface area contributed by atoms with Crippen LogP contribution in [0, 0.1) is 0 Å². The molecule has 0 saturated carbocycles. The van der Waals surface area contributed by atoms with Crippen LogP contribution in [0.4, 0.5) is 11.4 Å². The lowest BCUT2D eigenvalue weighted by Crippen LogP contribution is -2.57. The summed E-state index contributed by atoms with van der Waals surface area (Å²) in [6.07, 6.45) is 2.79. The van der Waals surface area contributed by atoms with Crippen LogP contribution >= 0.6 is 0 Å². The van der Waals surface area contributed by atoms with Gasteiger partial charge >= 0.3 is 0 Å². The molecule has 0 aromatic heterocycles. The first-order valence-corrected chi connectivity index (χ1v) is 12.3. The number of carbonyl (C=O) groups is 3. The average molecular weight is 463 g/mol. The number of hydrogen-bond donors (Lipinski definition) is 1. The third-order valence-corrected chi connectivity index (χ3v) is 6.91. The van der Waals surface area contributed by atoms with E-state index in [4.69, 9.17) is 0 Å². The summed E-state index contributed by atoms with van der Waals surface area (Å²) in [6, 6.07) is 14.9. The highest BCUT2D eigenvalue weighted by Crippen LogP contribution is 2.40. The van der Waals surface area contributed by atoms with Crippen molar-refractivity contribution in [2.75, 3.05) is 36.0 Å². The molecule has 1 fully saturated rings. The van der Waals surface area contributed by atoms with Gasteiger partial charge in [-0.15, -0.1) is 0 Å². The molecule has 2 heterocycles. The molecular formula is C27H34N4O3. The molecule has 0 unspecified atom stereocenters. The van der Waals surface area contributed by atoms with E-state index in [0.717, 1.165) is 37.1 Å². The molecule has 2 aliphatic rings. The molecule has 7 nitrogen and oxygen atoms in total. The molecule has 3 amide bonds. The SMILES string of the molecule is CCN(CC)C(=O)c1ccc2c(c1)N(CC(=O)N[C@H](C)c1ccccc1)C(=O)[C@@H]1CCCCN21. The maximum Gasteiger partial charge on any atom is 0.253 e. The number of benzene rings is 2. The number of nitrogens with one attached hydrogen (secondary N) is 1. The Morgan fingerprint density at radius 2 is 1.79 bits per heavy atom. The third-order valence-electron chi connectivity index (χ3n) is 6.91. The maximum absolute atomic E-state index is 13.6. The molecule has 0 spiro atoms. The fourth-order valence-electron chi connectivity index (χ4n) is 5.00. The van der Waals surface area contributed by atoms with Crippen molar-refractivity contribution < 1.29 is 14.4 Å². The average Bonchev–Trinajstić information content (AvgIpc) is 2.87. The van der Waals surface area contributed by atoms with Crippen molar-refractivity contribution in [3.05, 3.63) is 59.7 Å². The van der Waals surface area contributed by atoms with Gasteiger partial charge in [0.1, 0.15) is 12.6 Å². The summed E-state index contributed by atoms with van der Waals surface area (Å²) in [4.78, 5) is 45.1. The van der Waals surface area contributed by atoms with Crippen molar-refractivity contribution in [1.29, 1.82) is 0 Å². The predicted octanol–water partition coefficient (Wildman–Crippen LogP) is 3.75. The zero-order valence-corrected chi connectivity index (χ0v) is 20.3. The highest BCUT2D eigenvalue weighted by atomic mass is 16.2. The van der Waals surface area contributed by atoms with Crippen LogP contribution in [0.5, 0.6) is 0 Å². The van der Waals surface area contributed by atoms with Crippen molar-refractivity contribution in [2.45, 2.75) is 52.1 Å². The van der Waals surface area contributed by atoms with E-state index >= 15 is 0 Å². The van der Waals surface area contributed by atoms with Crippen molar-refractivity contribution >= 4 is 29.1 Å². The summed E-state index contributed by atoms with van der Waals surface area (Å²) in [7, 11) is 0. The number of rotatable bonds is 7. The van der Waals surface area contributed by atoms with Crippen molar-refractivity contribution in [1.82, 2.24) is 10.2 Å². The molecule has 0 aliphatic carbocycles. The Kier molecular flexibility index (Phi) is 7.20. The number of hydrogen-bond acceptors (Lipinski definition) is 4. The standard InChI is InChI=1S/C27H34N4O3/c1-4-29(5-2)26(33)21-14-15-22-24(17-21)31(27(34)23-13-9-10-16-30(22)23)18-25(32)28-19(3)20-11-7-6-8-12-20/h6-8,11-12,14-15,17,19,23H,4-5,9-10,13,16,18H2,1-3H3,(H,28,32)/t19-,23+/m1/s1. The van der Waals surface area contributed by atoms with Crippen LogP contribution in [0.15, 0.2) is 48.5 Å². The number of nitrogens with zero attached hydrogens (tertiary/aromatic N) is 3. The van der Waals surface area contributed by atoms with Gasteiger partial charge in [0.2, 0.25) is 11.8 Å². The molecule has 7 heteroatoms. The molecule has 2 atom stereocenters. The van der Waals surface area contributed by atoms with Gasteiger partial charge in [-0.25, -0.2) is 0 Å². The number of anilines is 2. The fourth-order valence-corrected chi connectivity index (χ4v) is 5.00. The normalized spacial score (nSPS) is 18.1. The zero-order valence-electron chi connectivity index (χ0n) is 20.3. The summed E-state index contributed by atoms with van der Waals surface area (Å²) in [5, 5.41) is 3.02. The van der Waals surface area contributed by atoms with Crippen LogP contribution < -0.4 is 15.1 Å². The molecule has 4 rings (SSSR count). The minimum atomic E-state index is -0.259. The quantitative estimate of drug-likeness (QED) is 0.680. The molecule has 0 bridgehead atoms. The predicted molar refractivity (Wildman–Crippen MR) is 134 cm³/mol. The fraction of sp³-hybridized carbons (Fsp3) is 0.444. The first-order chi connectivity index (χ1) is 16.4. The molecule has 1 saturated heterocycles. The summed E-state index contributed by atoms with van der Waals surface area (Å²) in [5.41, 5.74) is 3.11. The first kappa shape index (κ1) is 23.8. The zero-order chi connectivity index (χ0) is 24.2. The summed E-state index contributed by atoms with van der Waals surface area (Å²) < 4.78 is 0. The lowest BCUT2D eigenvalue weighted by Gasteiger charge is -2.45. The van der Waals surface area contributed by atoms with Crippen molar-refractivity contribution in [2.24, 2.45) is 0 Å². The smallest absolute Gasteiger partial charge is 0.253 e. The Hall–Kier alpha value is -3.35. The van der Waals surface area contributed by atoms with E-state index in [1.54, 1.807) is 15.9 Å². The number of piperidine rings is 1. The lowest BCUT2D eigenvalue weighted by molar-refractivity contribution is -0.125. The molecule has 1 N–H and O–H groups in total. The maximum atomic E-state index is 13.6. The van der Waals surface area contributed by atoms with Gasteiger partial charge in [-0.05, 0) is 63.8 Å². The lowest BCUT2D eigenvalue weighted by atomic mass is 9.95. The second kappa shape index (κ2) is 10.3. The highest BCUT2D eigenvalue weighted by molar-refractivity contribution is 6.09. The molecule has 2 aromatic carbocycles. The number of fused-ring (bicyclic) bond motifs is 3.